The van der Waals surface area contributed by atoms with E-state index in [1.807, 2.05) is 31.3 Å². The Morgan fingerprint density at radius 1 is 0.970 bits per heavy atom. The van der Waals surface area contributed by atoms with Crippen LogP contribution in [0.2, 0.25) is 0 Å². The first-order chi connectivity index (χ1) is 15.9. The zero-order valence-electron chi connectivity index (χ0n) is 19.5. The minimum Gasteiger partial charge on any atom is -0.378 e. The molecule has 0 spiro atoms. The molecule has 0 amide bonds. The second-order valence-electron chi connectivity index (χ2n) is 9.33. The molecule has 1 aromatic carbocycles. The number of morpholine rings is 1. The largest absolute Gasteiger partial charge is 0.378 e. The van der Waals surface area contributed by atoms with Gasteiger partial charge in [-0.1, -0.05) is 26.8 Å². The number of aryl methyl sites for hydroxylation is 1. The Labute approximate surface area is 193 Å². The van der Waals surface area contributed by atoms with Crippen molar-refractivity contribution in [1.82, 2.24) is 24.7 Å². The molecular formula is C25H29N7O. The third-order valence-corrected chi connectivity index (χ3v) is 5.83. The van der Waals surface area contributed by atoms with Crippen LogP contribution in [0.15, 0.2) is 48.7 Å². The summed E-state index contributed by atoms with van der Waals surface area (Å²) in [5.41, 5.74) is 4.68. The van der Waals surface area contributed by atoms with Gasteiger partial charge in [0.15, 0.2) is 11.5 Å². The molecule has 4 heterocycles. The van der Waals surface area contributed by atoms with Gasteiger partial charge in [0.05, 0.1) is 24.3 Å². The number of pyridine rings is 1. The van der Waals surface area contributed by atoms with Gasteiger partial charge in [0.1, 0.15) is 0 Å². The number of fused-ring (bicyclic) bond motifs is 1. The fraction of sp³-hybridized carbons (Fsp3) is 0.360. The average Bonchev–Trinajstić information content (AvgIpc) is 3.15. The van der Waals surface area contributed by atoms with Gasteiger partial charge in [-0.2, -0.15) is 14.8 Å². The molecular weight excluding hydrogens is 414 g/mol. The number of hydrogen-bond acceptors (Lipinski definition) is 7. The third-order valence-electron chi connectivity index (χ3n) is 5.83. The SMILES string of the molecule is Cc1nn(-c2cccc(C(C)(C)C)n2)c2nc(Nc3ccc(N4CCOCC4)cc3)ncc12. The maximum absolute atomic E-state index is 5.44. The average molecular weight is 444 g/mol. The Morgan fingerprint density at radius 3 is 2.45 bits per heavy atom. The molecule has 1 fully saturated rings. The second-order valence-corrected chi connectivity index (χ2v) is 9.33. The molecule has 5 rings (SSSR count). The van der Waals surface area contributed by atoms with Crippen molar-refractivity contribution in [3.63, 3.8) is 0 Å². The van der Waals surface area contributed by atoms with E-state index in [1.54, 1.807) is 4.68 Å². The fourth-order valence-corrected chi connectivity index (χ4v) is 3.93. The highest BCUT2D eigenvalue weighted by atomic mass is 16.5. The molecule has 0 bridgehead atoms. The lowest BCUT2D eigenvalue weighted by Gasteiger charge is -2.28. The smallest absolute Gasteiger partial charge is 0.229 e. The number of benzene rings is 1. The molecule has 4 aromatic rings. The second kappa shape index (κ2) is 8.44. The van der Waals surface area contributed by atoms with Gasteiger partial charge in [0, 0.05) is 41.8 Å². The number of hydrogen-bond donors (Lipinski definition) is 1. The van der Waals surface area contributed by atoms with Crippen LogP contribution in [0, 0.1) is 6.92 Å². The molecule has 3 aromatic heterocycles. The van der Waals surface area contributed by atoms with Crippen LogP contribution in [0.25, 0.3) is 16.9 Å². The summed E-state index contributed by atoms with van der Waals surface area (Å²) in [6.45, 7) is 11.8. The van der Waals surface area contributed by atoms with Crippen LogP contribution in [0.1, 0.15) is 32.2 Å². The number of aromatic nitrogens is 5. The van der Waals surface area contributed by atoms with Crippen molar-refractivity contribution < 1.29 is 4.74 Å². The Kier molecular flexibility index (Phi) is 5.46. The summed E-state index contributed by atoms with van der Waals surface area (Å²) in [5, 5.41) is 8.93. The van der Waals surface area contributed by atoms with E-state index in [2.05, 4.69) is 60.2 Å². The molecule has 1 saturated heterocycles. The van der Waals surface area contributed by atoms with E-state index in [9.17, 15) is 0 Å². The highest BCUT2D eigenvalue weighted by Crippen LogP contribution is 2.25. The maximum Gasteiger partial charge on any atom is 0.229 e. The molecule has 0 saturated carbocycles. The molecule has 1 N–H and O–H groups in total. The summed E-state index contributed by atoms with van der Waals surface area (Å²) in [6.07, 6.45) is 1.82. The van der Waals surface area contributed by atoms with Crippen molar-refractivity contribution >= 4 is 28.4 Å². The Bertz CT molecular complexity index is 1270. The minimum absolute atomic E-state index is 0.0525. The van der Waals surface area contributed by atoms with Gasteiger partial charge in [-0.3, -0.25) is 0 Å². The van der Waals surface area contributed by atoms with Gasteiger partial charge >= 0.3 is 0 Å². The highest BCUT2D eigenvalue weighted by molar-refractivity contribution is 5.80. The van der Waals surface area contributed by atoms with E-state index in [0.29, 0.717) is 5.95 Å². The first-order valence-electron chi connectivity index (χ1n) is 11.3. The van der Waals surface area contributed by atoms with Crippen molar-refractivity contribution in [2.45, 2.75) is 33.1 Å². The van der Waals surface area contributed by atoms with Gasteiger partial charge in [-0.15, -0.1) is 0 Å². The number of nitrogens with one attached hydrogen (secondary N) is 1. The van der Waals surface area contributed by atoms with E-state index in [1.165, 1.54) is 5.69 Å². The van der Waals surface area contributed by atoms with E-state index in [-0.39, 0.29) is 5.41 Å². The lowest BCUT2D eigenvalue weighted by molar-refractivity contribution is 0.122. The van der Waals surface area contributed by atoms with Gasteiger partial charge in [0.25, 0.3) is 0 Å². The Morgan fingerprint density at radius 2 is 1.73 bits per heavy atom. The van der Waals surface area contributed by atoms with E-state index in [4.69, 9.17) is 19.8 Å². The predicted molar refractivity (Wildman–Crippen MR) is 131 cm³/mol. The molecule has 1 aliphatic rings. The van der Waals surface area contributed by atoms with Crippen molar-refractivity contribution in [2.75, 3.05) is 36.5 Å². The zero-order valence-corrected chi connectivity index (χ0v) is 19.5. The third kappa shape index (κ3) is 4.39. The summed E-state index contributed by atoms with van der Waals surface area (Å²) in [7, 11) is 0. The van der Waals surface area contributed by atoms with Crippen LogP contribution in [-0.4, -0.2) is 51.0 Å². The zero-order chi connectivity index (χ0) is 23.0. The summed E-state index contributed by atoms with van der Waals surface area (Å²) in [4.78, 5) is 16.5. The van der Waals surface area contributed by atoms with Gasteiger partial charge in [-0.25, -0.2) is 9.97 Å². The molecule has 170 valence electrons. The summed E-state index contributed by atoms with van der Waals surface area (Å²) >= 11 is 0. The lowest BCUT2D eigenvalue weighted by Crippen LogP contribution is -2.36. The van der Waals surface area contributed by atoms with Crippen LogP contribution in [0.4, 0.5) is 17.3 Å². The van der Waals surface area contributed by atoms with Crippen LogP contribution >= 0.6 is 0 Å². The van der Waals surface area contributed by atoms with Gasteiger partial charge in [-0.05, 0) is 43.3 Å². The molecule has 8 nitrogen and oxygen atoms in total. The normalized spacial score (nSPS) is 14.6. The van der Waals surface area contributed by atoms with Crippen LogP contribution in [0.5, 0.6) is 0 Å². The summed E-state index contributed by atoms with van der Waals surface area (Å²) in [5.74, 6) is 1.27. The monoisotopic (exact) mass is 443 g/mol. The van der Waals surface area contributed by atoms with Crippen molar-refractivity contribution in [3.05, 3.63) is 60.0 Å². The molecule has 0 atom stereocenters. The number of rotatable bonds is 4. The molecule has 0 radical (unpaired) electrons. The molecule has 1 aliphatic heterocycles. The molecule has 0 aliphatic carbocycles. The van der Waals surface area contributed by atoms with Crippen LogP contribution < -0.4 is 10.2 Å². The van der Waals surface area contributed by atoms with Crippen LogP contribution in [-0.2, 0) is 10.2 Å². The van der Waals surface area contributed by atoms with Crippen molar-refractivity contribution in [2.24, 2.45) is 0 Å². The molecule has 8 heteroatoms. The summed E-state index contributed by atoms with van der Waals surface area (Å²) in [6, 6.07) is 14.4. The molecule has 0 unspecified atom stereocenters. The van der Waals surface area contributed by atoms with Crippen LogP contribution in [0.3, 0.4) is 0 Å². The number of nitrogens with zero attached hydrogens (tertiary/aromatic N) is 6. The van der Waals surface area contributed by atoms with E-state index in [0.717, 1.165) is 60.2 Å². The molecule has 33 heavy (non-hydrogen) atoms. The van der Waals surface area contributed by atoms with Gasteiger partial charge < -0.3 is 15.0 Å². The standard InChI is InChI=1S/C25H29N7O/c1-17-20-16-26-24(27-18-8-10-19(11-9-18)31-12-14-33-15-13-31)29-23(20)32(30-17)22-7-5-6-21(28-22)25(2,3)4/h5-11,16H,12-15H2,1-4H3,(H,26,27,29). The predicted octanol–water partition coefficient (Wildman–Crippen LogP) is 4.40. The lowest BCUT2D eigenvalue weighted by atomic mass is 9.92. The summed E-state index contributed by atoms with van der Waals surface area (Å²) < 4.78 is 7.24. The fourth-order valence-electron chi connectivity index (χ4n) is 3.93. The van der Waals surface area contributed by atoms with E-state index >= 15 is 0 Å². The maximum atomic E-state index is 5.44. The highest BCUT2D eigenvalue weighted by Gasteiger charge is 2.18. The van der Waals surface area contributed by atoms with Gasteiger partial charge in [0.2, 0.25) is 5.95 Å². The minimum atomic E-state index is -0.0525. The first kappa shape index (κ1) is 21.3. The number of ether oxygens (including phenoxy) is 1. The van der Waals surface area contributed by atoms with Crippen molar-refractivity contribution in [1.29, 1.82) is 0 Å². The first-order valence-corrected chi connectivity index (χ1v) is 11.3. The number of anilines is 3. The van der Waals surface area contributed by atoms with Crippen molar-refractivity contribution in [3.8, 4) is 5.82 Å². The quantitative estimate of drug-likeness (QED) is 0.501. The van der Waals surface area contributed by atoms with E-state index < -0.39 is 0 Å². The Balaban J connectivity index is 1.44. The Hall–Kier alpha value is -3.52. The topological polar surface area (TPSA) is 81.0 Å².